The molecular formula is C24H22F2N6O. The Bertz CT molecular complexity index is 1300. The number of pyridine rings is 2. The largest absolute Gasteiger partial charge is 0.390 e. The maximum atomic E-state index is 14.5. The van der Waals surface area contributed by atoms with Crippen molar-refractivity contribution in [3.8, 4) is 11.3 Å². The number of aliphatic hydroxyl groups is 1. The molecule has 4 aromatic rings. The molecule has 0 atom stereocenters. The fourth-order valence-electron chi connectivity index (χ4n) is 3.92. The summed E-state index contributed by atoms with van der Waals surface area (Å²) in [6.45, 7) is 3.36. The van der Waals surface area contributed by atoms with Crippen molar-refractivity contribution in [2.75, 3.05) is 23.3 Å². The first-order valence-corrected chi connectivity index (χ1v) is 10.7. The number of benzene rings is 1. The number of halogens is 2. The molecule has 4 heterocycles. The molecule has 1 aliphatic rings. The van der Waals surface area contributed by atoms with E-state index in [1.807, 2.05) is 13.0 Å². The minimum Gasteiger partial charge on any atom is -0.390 e. The van der Waals surface area contributed by atoms with Gasteiger partial charge in [-0.25, -0.2) is 23.7 Å². The minimum atomic E-state index is -0.660. The van der Waals surface area contributed by atoms with Crippen LogP contribution in [0, 0.1) is 11.6 Å². The quantitative estimate of drug-likeness (QED) is 0.477. The molecule has 0 unspecified atom stereocenters. The van der Waals surface area contributed by atoms with E-state index in [0.717, 1.165) is 25.0 Å². The van der Waals surface area contributed by atoms with Crippen molar-refractivity contribution in [3.63, 3.8) is 0 Å². The summed E-state index contributed by atoms with van der Waals surface area (Å²) in [6, 6.07) is 9.97. The van der Waals surface area contributed by atoms with Gasteiger partial charge >= 0.3 is 0 Å². The Morgan fingerprint density at radius 1 is 1.00 bits per heavy atom. The number of aromatic nitrogens is 4. The van der Waals surface area contributed by atoms with Crippen molar-refractivity contribution in [2.24, 2.45) is 0 Å². The van der Waals surface area contributed by atoms with Crippen LogP contribution in [-0.2, 0) is 0 Å². The highest BCUT2D eigenvalue weighted by molar-refractivity contribution is 5.84. The fourth-order valence-corrected chi connectivity index (χ4v) is 3.92. The van der Waals surface area contributed by atoms with Crippen LogP contribution >= 0.6 is 0 Å². The Balaban J connectivity index is 1.37. The normalized spacial score (nSPS) is 15.6. The van der Waals surface area contributed by atoms with Gasteiger partial charge in [-0.2, -0.15) is 0 Å². The molecule has 0 radical (unpaired) electrons. The standard InChI is InChI=1S/C24H22F2N6O/c1-24(33)6-9-32(10-7-24)17-4-5-20(28-13-17)30-23-29-14-19(26)22(31-23)16-11-15-3-2-8-27-21(15)18(25)12-16/h2-5,8,11-14,33H,6-7,9-10H2,1H3,(H,28,29,30,31). The molecule has 33 heavy (non-hydrogen) atoms. The van der Waals surface area contributed by atoms with E-state index in [9.17, 15) is 13.9 Å². The van der Waals surface area contributed by atoms with Gasteiger partial charge in [-0.3, -0.25) is 4.98 Å². The molecule has 9 heteroatoms. The molecule has 1 aliphatic heterocycles. The van der Waals surface area contributed by atoms with Gasteiger partial charge in [0.15, 0.2) is 5.82 Å². The smallest absolute Gasteiger partial charge is 0.229 e. The number of rotatable bonds is 4. The molecular weight excluding hydrogens is 426 g/mol. The van der Waals surface area contributed by atoms with Crippen LogP contribution in [0.2, 0.25) is 0 Å². The first kappa shape index (κ1) is 21.1. The van der Waals surface area contributed by atoms with Crippen molar-refractivity contribution in [1.82, 2.24) is 19.9 Å². The molecule has 5 rings (SSSR count). The van der Waals surface area contributed by atoms with Gasteiger partial charge in [0.05, 0.1) is 23.7 Å². The Hall–Kier alpha value is -3.72. The van der Waals surface area contributed by atoms with Gasteiger partial charge in [-0.1, -0.05) is 6.07 Å². The van der Waals surface area contributed by atoms with Gasteiger partial charge in [0.2, 0.25) is 5.95 Å². The first-order chi connectivity index (χ1) is 15.9. The number of nitrogens with one attached hydrogen (secondary N) is 1. The number of nitrogens with zero attached hydrogens (tertiary/aromatic N) is 5. The van der Waals surface area contributed by atoms with E-state index >= 15 is 0 Å². The first-order valence-electron chi connectivity index (χ1n) is 10.7. The topological polar surface area (TPSA) is 87.1 Å². The lowest BCUT2D eigenvalue weighted by molar-refractivity contribution is 0.0351. The molecule has 0 bridgehead atoms. The summed E-state index contributed by atoms with van der Waals surface area (Å²) >= 11 is 0. The van der Waals surface area contributed by atoms with Crippen LogP contribution in [0.25, 0.3) is 22.2 Å². The van der Waals surface area contributed by atoms with Crippen LogP contribution in [0.1, 0.15) is 19.8 Å². The molecule has 168 valence electrons. The van der Waals surface area contributed by atoms with Gasteiger partial charge in [-0.15, -0.1) is 0 Å². The van der Waals surface area contributed by atoms with E-state index in [1.165, 1.54) is 12.3 Å². The lowest BCUT2D eigenvalue weighted by atomic mass is 9.94. The second kappa shape index (κ2) is 8.32. The lowest BCUT2D eigenvalue weighted by Crippen LogP contribution is -2.42. The molecule has 7 nitrogen and oxygen atoms in total. The third-order valence-corrected chi connectivity index (χ3v) is 5.87. The molecule has 2 N–H and O–H groups in total. The highest BCUT2D eigenvalue weighted by Gasteiger charge is 2.27. The van der Waals surface area contributed by atoms with Crippen molar-refractivity contribution < 1.29 is 13.9 Å². The average Bonchev–Trinajstić information content (AvgIpc) is 2.81. The monoisotopic (exact) mass is 448 g/mol. The van der Waals surface area contributed by atoms with E-state index in [4.69, 9.17) is 0 Å². The van der Waals surface area contributed by atoms with E-state index in [-0.39, 0.29) is 17.2 Å². The molecule has 0 aliphatic carbocycles. The van der Waals surface area contributed by atoms with Crippen molar-refractivity contribution in [1.29, 1.82) is 0 Å². The number of hydrogen-bond acceptors (Lipinski definition) is 7. The van der Waals surface area contributed by atoms with Gasteiger partial charge in [0.25, 0.3) is 0 Å². The van der Waals surface area contributed by atoms with Gasteiger partial charge in [0.1, 0.15) is 22.8 Å². The van der Waals surface area contributed by atoms with E-state index in [1.54, 1.807) is 30.5 Å². The highest BCUT2D eigenvalue weighted by atomic mass is 19.1. The van der Waals surface area contributed by atoms with Crippen LogP contribution in [-0.4, -0.2) is 43.7 Å². The number of piperidine rings is 1. The van der Waals surface area contributed by atoms with Crippen molar-refractivity contribution >= 4 is 28.4 Å². The van der Waals surface area contributed by atoms with Crippen LogP contribution in [0.5, 0.6) is 0 Å². The third-order valence-electron chi connectivity index (χ3n) is 5.87. The van der Waals surface area contributed by atoms with E-state index < -0.39 is 17.2 Å². The number of anilines is 3. The maximum Gasteiger partial charge on any atom is 0.229 e. The molecule has 1 fully saturated rings. The van der Waals surface area contributed by atoms with Gasteiger partial charge < -0.3 is 15.3 Å². The predicted molar refractivity (Wildman–Crippen MR) is 122 cm³/mol. The molecule has 1 saturated heterocycles. The van der Waals surface area contributed by atoms with Gasteiger partial charge in [-0.05, 0) is 50.1 Å². The predicted octanol–water partition coefficient (Wildman–Crippen LogP) is 4.46. The summed E-state index contributed by atoms with van der Waals surface area (Å²) in [5.74, 6) is -0.568. The molecule has 0 spiro atoms. The summed E-state index contributed by atoms with van der Waals surface area (Å²) in [4.78, 5) is 18.8. The summed E-state index contributed by atoms with van der Waals surface area (Å²) in [6.07, 6.45) is 5.68. The van der Waals surface area contributed by atoms with Crippen LogP contribution in [0.4, 0.5) is 26.2 Å². The maximum absolute atomic E-state index is 14.5. The Labute approximate surface area is 189 Å². The fraction of sp³-hybridized carbons (Fsp3) is 0.250. The summed E-state index contributed by atoms with van der Waals surface area (Å²) in [5.41, 5.74) is 0.829. The Kier molecular flexibility index (Phi) is 5.33. The highest BCUT2D eigenvalue weighted by Crippen LogP contribution is 2.28. The number of fused-ring (bicyclic) bond motifs is 1. The second-order valence-electron chi connectivity index (χ2n) is 8.43. The van der Waals surface area contributed by atoms with E-state index in [0.29, 0.717) is 29.6 Å². The zero-order valence-corrected chi connectivity index (χ0v) is 18.0. The van der Waals surface area contributed by atoms with Gasteiger partial charge in [0, 0.05) is 30.2 Å². The third kappa shape index (κ3) is 4.45. The summed E-state index contributed by atoms with van der Waals surface area (Å²) in [5, 5.41) is 13.6. The van der Waals surface area contributed by atoms with Crippen LogP contribution in [0.15, 0.2) is 55.0 Å². The van der Waals surface area contributed by atoms with Crippen LogP contribution < -0.4 is 10.2 Å². The molecule has 1 aromatic carbocycles. The zero-order chi connectivity index (χ0) is 23.0. The lowest BCUT2D eigenvalue weighted by Gasteiger charge is -2.36. The Morgan fingerprint density at radius 2 is 1.82 bits per heavy atom. The van der Waals surface area contributed by atoms with Crippen LogP contribution in [0.3, 0.4) is 0 Å². The SMILES string of the molecule is CC1(O)CCN(c2ccc(Nc3ncc(F)c(-c4cc(F)c5ncccc5c4)n3)nc2)CC1. The summed E-state index contributed by atoms with van der Waals surface area (Å²) < 4.78 is 29.0. The van der Waals surface area contributed by atoms with E-state index in [2.05, 4.69) is 30.2 Å². The molecule has 0 saturated carbocycles. The minimum absolute atomic E-state index is 0.0193. The average molecular weight is 448 g/mol. The Morgan fingerprint density at radius 3 is 2.58 bits per heavy atom. The summed E-state index contributed by atoms with van der Waals surface area (Å²) in [7, 11) is 0. The van der Waals surface area contributed by atoms with Crippen molar-refractivity contribution in [3.05, 3.63) is 66.6 Å². The molecule has 0 amide bonds. The second-order valence-corrected chi connectivity index (χ2v) is 8.43. The number of hydrogen-bond donors (Lipinski definition) is 2. The zero-order valence-electron chi connectivity index (χ0n) is 18.0. The molecule has 3 aromatic heterocycles. The van der Waals surface area contributed by atoms with Crippen molar-refractivity contribution in [2.45, 2.75) is 25.4 Å².